The zero-order valence-electron chi connectivity index (χ0n) is 13.9. The van der Waals surface area contributed by atoms with Crippen LogP contribution >= 0.6 is 0 Å². The monoisotopic (exact) mass is 356 g/mol. The fourth-order valence-corrected chi connectivity index (χ4v) is 26.7. The Morgan fingerprint density at radius 1 is 0.550 bits per heavy atom. The van der Waals surface area contributed by atoms with Crippen LogP contribution in [0.1, 0.15) is 0 Å². The third-order valence-corrected chi connectivity index (χ3v) is 24.5. The zero-order chi connectivity index (χ0) is 15.7. The maximum Gasteiger partial charge on any atom is 0.327 e. The van der Waals surface area contributed by atoms with E-state index in [4.69, 9.17) is 25.9 Å². The first-order valence-electron chi connectivity index (χ1n) is 6.68. The molecule has 1 rings (SSSR count). The first-order chi connectivity index (χ1) is 9.07. The molecule has 4 atom stereocenters. The molecule has 0 saturated carbocycles. The molecule has 6 nitrogen and oxygen atoms in total. The van der Waals surface area contributed by atoms with E-state index in [9.17, 15) is 0 Å². The number of rotatable bonds is 4. The van der Waals surface area contributed by atoms with Gasteiger partial charge >= 0.3 is 34.2 Å². The zero-order valence-corrected chi connectivity index (χ0v) is 17.9. The third kappa shape index (κ3) is 4.31. The summed E-state index contributed by atoms with van der Waals surface area (Å²) in [6, 6.07) is 0. The predicted molar refractivity (Wildman–Crippen MR) is 86.3 cm³/mol. The summed E-state index contributed by atoms with van der Waals surface area (Å²) in [5.41, 5.74) is 1.43. The second-order valence-corrected chi connectivity index (χ2v) is 21.1. The van der Waals surface area contributed by atoms with Crippen LogP contribution in [0.2, 0.25) is 37.5 Å². The minimum Gasteiger partial charge on any atom is -0.415 e. The maximum absolute atomic E-state index is 6.42. The van der Waals surface area contributed by atoms with Crippen molar-refractivity contribution in [2.24, 2.45) is 0 Å². The van der Waals surface area contributed by atoms with Gasteiger partial charge in [-0.25, -0.2) is 0 Å². The first-order valence-corrected chi connectivity index (χ1v) is 16.8. The Morgan fingerprint density at radius 2 is 0.750 bits per heavy atom. The van der Waals surface area contributed by atoms with Gasteiger partial charge in [0, 0.05) is 39.8 Å². The van der Waals surface area contributed by atoms with E-state index < -0.39 is 34.2 Å². The minimum absolute atomic E-state index is 0.713. The molecule has 0 radical (unpaired) electrons. The summed E-state index contributed by atoms with van der Waals surface area (Å²) in [6.45, 7) is 8.23. The Kier molecular flexibility index (Phi) is 5.97. The molecule has 0 amide bonds. The van der Waals surface area contributed by atoms with Crippen molar-refractivity contribution in [1.29, 1.82) is 0 Å². The molecule has 0 N–H and O–H groups in total. The Balaban J connectivity index is 3.18. The molecule has 10 heteroatoms. The van der Waals surface area contributed by atoms with Gasteiger partial charge in [0.2, 0.25) is 0 Å². The van der Waals surface area contributed by atoms with Crippen LogP contribution in [0.5, 0.6) is 0 Å². The molecular weight excluding hydrogens is 328 g/mol. The van der Waals surface area contributed by atoms with Crippen molar-refractivity contribution < 1.29 is 25.9 Å². The SMILES string of the molecule is CO[Si]1(C)C[Si](C)(OC)O[Si](C)(OC)C[Si](C)(OC)O1. The van der Waals surface area contributed by atoms with E-state index in [1.165, 1.54) is 0 Å². The van der Waals surface area contributed by atoms with Gasteiger partial charge in [-0.1, -0.05) is 0 Å². The van der Waals surface area contributed by atoms with Crippen molar-refractivity contribution in [2.45, 2.75) is 37.5 Å². The van der Waals surface area contributed by atoms with Crippen LogP contribution in [0, 0.1) is 0 Å². The molecule has 4 unspecified atom stereocenters. The lowest BCUT2D eigenvalue weighted by molar-refractivity contribution is 0.210. The molecular formula is C10H28O6Si4. The van der Waals surface area contributed by atoms with Gasteiger partial charge in [0.1, 0.15) is 0 Å². The smallest absolute Gasteiger partial charge is 0.327 e. The van der Waals surface area contributed by atoms with E-state index in [1.54, 1.807) is 28.4 Å². The van der Waals surface area contributed by atoms with E-state index in [-0.39, 0.29) is 0 Å². The van der Waals surface area contributed by atoms with Gasteiger partial charge in [-0.15, -0.1) is 0 Å². The van der Waals surface area contributed by atoms with Gasteiger partial charge in [-0.3, -0.25) is 0 Å². The van der Waals surface area contributed by atoms with Gasteiger partial charge in [-0.05, 0) is 26.2 Å². The summed E-state index contributed by atoms with van der Waals surface area (Å²) >= 11 is 0. The lowest BCUT2D eigenvalue weighted by atomic mass is 11.8. The lowest BCUT2D eigenvalue weighted by Crippen LogP contribution is -2.66. The van der Waals surface area contributed by atoms with Gasteiger partial charge in [0.25, 0.3) is 0 Å². The third-order valence-electron chi connectivity index (χ3n) is 3.88. The first kappa shape index (κ1) is 18.7. The fourth-order valence-electron chi connectivity index (χ4n) is 2.68. The Hall–Kier alpha value is 0.628. The van der Waals surface area contributed by atoms with Gasteiger partial charge in [0.15, 0.2) is 0 Å². The van der Waals surface area contributed by atoms with Crippen molar-refractivity contribution in [3.05, 3.63) is 0 Å². The molecule has 20 heavy (non-hydrogen) atoms. The van der Waals surface area contributed by atoms with Crippen LogP contribution in [0.3, 0.4) is 0 Å². The summed E-state index contributed by atoms with van der Waals surface area (Å²) in [7, 11) is -2.65. The van der Waals surface area contributed by atoms with Gasteiger partial charge in [0.05, 0.1) is 0 Å². The van der Waals surface area contributed by atoms with Crippen molar-refractivity contribution in [1.82, 2.24) is 0 Å². The number of hydrogen-bond donors (Lipinski definition) is 0. The lowest BCUT2D eigenvalue weighted by Gasteiger charge is -2.46. The standard InChI is InChI=1S/C10H28O6Si4/c1-11-17(5)9-18(6,12-2)16-20(8,14-4)10-19(7,13-3)15-17/h9-10H2,1-8H3. The average Bonchev–Trinajstić information content (AvgIpc) is 2.36. The molecule has 0 aliphatic carbocycles. The molecule has 120 valence electrons. The summed E-state index contributed by atoms with van der Waals surface area (Å²) in [5, 5.41) is 0. The summed E-state index contributed by atoms with van der Waals surface area (Å²) in [5.74, 6) is 0. The van der Waals surface area contributed by atoms with E-state index in [1.807, 2.05) is 0 Å². The van der Waals surface area contributed by atoms with Crippen LogP contribution in [0.15, 0.2) is 0 Å². The van der Waals surface area contributed by atoms with Crippen LogP contribution in [0.25, 0.3) is 0 Å². The summed E-state index contributed by atoms with van der Waals surface area (Å²) in [6.07, 6.45) is 0. The fraction of sp³-hybridized carbons (Fsp3) is 1.00. The molecule has 0 bridgehead atoms. The molecule has 1 saturated heterocycles. The minimum atomic E-state index is -2.37. The van der Waals surface area contributed by atoms with Crippen molar-refractivity contribution in [3.63, 3.8) is 0 Å². The summed E-state index contributed by atoms with van der Waals surface area (Å²) < 4.78 is 35.8. The molecule has 0 spiro atoms. The molecule has 1 aliphatic rings. The second kappa shape index (κ2) is 6.40. The van der Waals surface area contributed by atoms with Crippen molar-refractivity contribution >= 4 is 34.2 Å². The second-order valence-electron chi connectivity index (χ2n) is 5.91. The number of hydrogen-bond acceptors (Lipinski definition) is 6. The quantitative estimate of drug-likeness (QED) is 0.718. The highest BCUT2D eigenvalue weighted by Crippen LogP contribution is 2.36. The van der Waals surface area contributed by atoms with Crippen molar-refractivity contribution in [2.75, 3.05) is 28.4 Å². The van der Waals surface area contributed by atoms with Gasteiger partial charge in [-0.2, -0.15) is 0 Å². The largest absolute Gasteiger partial charge is 0.415 e. The molecule has 0 aromatic rings. The topological polar surface area (TPSA) is 55.4 Å². The van der Waals surface area contributed by atoms with Crippen LogP contribution in [0.4, 0.5) is 0 Å². The predicted octanol–water partition coefficient (Wildman–Crippen LogP) is 1.99. The van der Waals surface area contributed by atoms with E-state index in [2.05, 4.69) is 26.2 Å². The Bertz CT molecular complexity index is 270. The van der Waals surface area contributed by atoms with Gasteiger partial charge < -0.3 is 25.9 Å². The molecule has 1 aliphatic heterocycles. The highest BCUT2D eigenvalue weighted by molar-refractivity contribution is 6.98. The van der Waals surface area contributed by atoms with Crippen LogP contribution < -0.4 is 0 Å². The molecule has 0 aromatic carbocycles. The van der Waals surface area contributed by atoms with E-state index >= 15 is 0 Å². The average molecular weight is 357 g/mol. The Morgan fingerprint density at radius 3 is 0.900 bits per heavy atom. The van der Waals surface area contributed by atoms with Crippen molar-refractivity contribution in [3.8, 4) is 0 Å². The van der Waals surface area contributed by atoms with E-state index in [0.717, 1.165) is 0 Å². The molecule has 0 aromatic heterocycles. The normalized spacial score (nSPS) is 46.8. The highest BCUT2D eigenvalue weighted by atomic mass is 28.5. The van der Waals surface area contributed by atoms with Crippen LogP contribution in [-0.4, -0.2) is 62.7 Å². The van der Waals surface area contributed by atoms with Crippen LogP contribution in [-0.2, 0) is 25.9 Å². The molecule has 1 heterocycles. The Labute approximate surface area is 126 Å². The molecule has 1 fully saturated rings. The van der Waals surface area contributed by atoms with E-state index in [0.29, 0.717) is 11.3 Å². The highest BCUT2D eigenvalue weighted by Gasteiger charge is 2.58. The maximum atomic E-state index is 6.42. The summed E-state index contributed by atoms with van der Waals surface area (Å²) in [4.78, 5) is 0.